The lowest BCUT2D eigenvalue weighted by Gasteiger charge is -2.22. The van der Waals surface area contributed by atoms with Gasteiger partial charge in [-0.25, -0.2) is 4.98 Å². The largest absolute Gasteiger partial charge is 0.341 e. The summed E-state index contributed by atoms with van der Waals surface area (Å²) in [7, 11) is 0. The maximum atomic E-state index is 12.8. The third-order valence-corrected chi connectivity index (χ3v) is 5.24. The van der Waals surface area contributed by atoms with E-state index >= 15 is 0 Å². The van der Waals surface area contributed by atoms with Crippen LogP contribution in [-0.2, 0) is 11.3 Å². The summed E-state index contributed by atoms with van der Waals surface area (Å²) in [5.41, 5.74) is 0.556. The third-order valence-electron chi connectivity index (χ3n) is 5.24. The van der Waals surface area contributed by atoms with Gasteiger partial charge in [-0.3, -0.25) is 14.2 Å². The van der Waals surface area contributed by atoms with Gasteiger partial charge >= 0.3 is 0 Å². The molecule has 134 valence electrons. The van der Waals surface area contributed by atoms with E-state index in [-0.39, 0.29) is 18.0 Å². The van der Waals surface area contributed by atoms with E-state index in [1.165, 1.54) is 23.8 Å². The molecule has 2 aromatic rings. The van der Waals surface area contributed by atoms with Crippen LogP contribution in [0.15, 0.2) is 29.1 Å². The Balaban J connectivity index is 1.77. The van der Waals surface area contributed by atoms with Gasteiger partial charge < -0.3 is 4.90 Å². The number of rotatable bonds is 4. The Kier molecular flexibility index (Phi) is 5.51. The van der Waals surface area contributed by atoms with Gasteiger partial charge in [-0.2, -0.15) is 0 Å². The standard InChI is InChI=1S/C20H27N3O2/c1-3-7-16-8-6-12-22(13-11-16)19(24)14-23-15(2)21-18-10-5-4-9-17(18)20(23)25/h4-5,9-10,16H,3,6-8,11-14H2,1-2H3/t16-/m1/s1. The van der Waals surface area contributed by atoms with Crippen molar-refractivity contribution in [1.82, 2.24) is 14.5 Å². The molecule has 5 heteroatoms. The lowest BCUT2D eigenvalue weighted by Crippen LogP contribution is -2.38. The lowest BCUT2D eigenvalue weighted by molar-refractivity contribution is -0.131. The summed E-state index contributed by atoms with van der Waals surface area (Å²) >= 11 is 0. The maximum absolute atomic E-state index is 12.8. The van der Waals surface area contributed by atoms with Crippen molar-refractivity contribution in [3.8, 4) is 0 Å². The molecular formula is C20H27N3O2. The molecular weight excluding hydrogens is 314 g/mol. The monoisotopic (exact) mass is 341 g/mol. The fraction of sp³-hybridized carbons (Fsp3) is 0.550. The van der Waals surface area contributed by atoms with Crippen LogP contribution in [0, 0.1) is 12.8 Å². The summed E-state index contributed by atoms with van der Waals surface area (Å²) < 4.78 is 1.51. The smallest absolute Gasteiger partial charge is 0.261 e. The number of carbonyl (C=O) groups is 1. The summed E-state index contributed by atoms with van der Waals surface area (Å²) in [6.07, 6.45) is 5.78. The van der Waals surface area contributed by atoms with E-state index in [4.69, 9.17) is 0 Å². The Bertz CT molecular complexity index is 812. The number of aryl methyl sites for hydroxylation is 1. The second kappa shape index (κ2) is 7.81. The average molecular weight is 341 g/mol. The first kappa shape index (κ1) is 17.6. The molecule has 0 aliphatic carbocycles. The highest BCUT2D eigenvalue weighted by Gasteiger charge is 2.21. The molecule has 1 atom stereocenters. The van der Waals surface area contributed by atoms with Crippen LogP contribution in [0.25, 0.3) is 10.9 Å². The second-order valence-electron chi connectivity index (χ2n) is 7.03. The van der Waals surface area contributed by atoms with Crippen LogP contribution >= 0.6 is 0 Å². The first-order valence-electron chi connectivity index (χ1n) is 9.34. The topological polar surface area (TPSA) is 55.2 Å². The number of likely N-dealkylation sites (tertiary alicyclic amines) is 1. The van der Waals surface area contributed by atoms with Crippen LogP contribution in [0.3, 0.4) is 0 Å². The van der Waals surface area contributed by atoms with Gasteiger partial charge in [0.25, 0.3) is 5.56 Å². The molecule has 5 nitrogen and oxygen atoms in total. The Labute approximate surface area is 148 Å². The van der Waals surface area contributed by atoms with Crippen molar-refractivity contribution < 1.29 is 4.79 Å². The van der Waals surface area contributed by atoms with Gasteiger partial charge in [-0.15, -0.1) is 0 Å². The zero-order chi connectivity index (χ0) is 17.8. The number of aromatic nitrogens is 2. The van der Waals surface area contributed by atoms with Crippen molar-refractivity contribution in [1.29, 1.82) is 0 Å². The molecule has 1 aliphatic rings. The normalized spacial score (nSPS) is 18.3. The number of nitrogens with zero attached hydrogens (tertiary/aromatic N) is 3. The van der Waals surface area contributed by atoms with Crippen LogP contribution in [0.1, 0.15) is 44.9 Å². The summed E-state index contributed by atoms with van der Waals surface area (Å²) in [4.78, 5) is 31.9. The highest BCUT2D eigenvalue weighted by molar-refractivity contribution is 5.79. The summed E-state index contributed by atoms with van der Waals surface area (Å²) in [6, 6.07) is 7.30. The second-order valence-corrected chi connectivity index (χ2v) is 7.03. The Morgan fingerprint density at radius 2 is 2.04 bits per heavy atom. The molecule has 1 aromatic carbocycles. The Morgan fingerprint density at radius 1 is 1.24 bits per heavy atom. The number of hydrogen-bond acceptors (Lipinski definition) is 3. The molecule has 0 saturated carbocycles. The lowest BCUT2D eigenvalue weighted by atomic mass is 9.96. The zero-order valence-electron chi connectivity index (χ0n) is 15.2. The summed E-state index contributed by atoms with van der Waals surface area (Å²) in [5, 5.41) is 0.569. The molecule has 0 spiro atoms. The molecule has 25 heavy (non-hydrogen) atoms. The van der Waals surface area contributed by atoms with E-state index < -0.39 is 0 Å². The van der Waals surface area contributed by atoms with Gasteiger partial charge in [0.2, 0.25) is 5.91 Å². The fourth-order valence-electron chi connectivity index (χ4n) is 3.81. The highest BCUT2D eigenvalue weighted by atomic mass is 16.2. The molecule has 1 amide bonds. The number of fused-ring (bicyclic) bond motifs is 1. The molecule has 2 heterocycles. The zero-order valence-corrected chi connectivity index (χ0v) is 15.2. The highest BCUT2D eigenvalue weighted by Crippen LogP contribution is 2.22. The van der Waals surface area contributed by atoms with Gasteiger partial charge in [-0.05, 0) is 44.2 Å². The minimum Gasteiger partial charge on any atom is -0.341 e. The van der Waals surface area contributed by atoms with E-state index in [0.29, 0.717) is 16.7 Å². The van der Waals surface area contributed by atoms with Crippen molar-refractivity contribution in [3.05, 3.63) is 40.4 Å². The first-order valence-corrected chi connectivity index (χ1v) is 9.34. The minimum absolute atomic E-state index is 0.0272. The van der Waals surface area contributed by atoms with E-state index in [9.17, 15) is 9.59 Å². The number of para-hydroxylation sites is 1. The molecule has 0 unspecified atom stereocenters. The first-order chi connectivity index (χ1) is 12.1. The summed E-state index contributed by atoms with van der Waals surface area (Å²) in [5.74, 6) is 1.35. The fourth-order valence-corrected chi connectivity index (χ4v) is 3.81. The number of carbonyl (C=O) groups excluding carboxylic acids is 1. The molecule has 1 aliphatic heterocycles. The minimum atomic E-state index is -0.130. The van der Waals surface area contributed by atoms with Gasteiger partial charge in [0.05, 0.1) is 10.9 Å². The molecule has 0 N–H and O–H groups in total. The Hall–Kier alpha value is -2.17. The van der Waals surface area contributed by atoms with Crippen molar-refractivity contribution in [2.24, 2.45) is 5.92 Å². The van der Waals surface area contributed by atoms with Gasteiger partial charge in [0.1, 0.15) is 12.4 Å². The molecule has 0 bridgehead atoms. The molecule has 3 rings (SSSR count). The van der Waals surface area contributed by atoms with Gasteiger partial charge in [-0.1, -0.05) is 31.9 Å². The van der Waals surface area contributed by atoms with Gasteiger partial charge in [0, 0.05) is 13.1 Å². The number of hydrogen-bond donors (Lipinski definition) is 0. The van der Waals surface area contributed by atoms with Crippen molar-refractivity contribution in [3.63, 3.8) is 0 Å². The molecule has 1 aromatic heterocycles. The van der Waals surface area contributed by atoms with E-state index in [0.717, 1.165) is 31.8 Å². The van der Waals surface area contributed by atoms with Crippen LogP contribution in [0.5, 0.6) is 0 Å². The van der Waals surface area contributed by atoms with Crippen LogP contribution in [0.2, 0.25) is 0 Å². The Morgan fingerprint density at radius 3 is 2.84 bits per heavy atom. The average Bonchev–Trinajstić information content (AvgIpc) is 2.84. The van der Waals surface area contributed by atoms with Crippen molar-refractivity contribution in [2.75, 3.05) is 13.1 Å². The van der Waals surface area contributed by atoms with E-state index in [2.05, 4.69) is 11.9 Å². The predicted molar refractivity (Wildman–Crippen MR) is 99.6 cm³/mol. The van der Waals surface area contributed by atoms with E-state index in [1.807, 2.05) is 23.1 Å². The van der Waals surface area contributed by atoms with Crippen LogP contribution in [0.4, 0.5) is 0 Å². The van der Waals surface area contributed by atoms with Gasteiger partial charge in [0.15, 0.2) is 0 Å². The van der Waals surface area contributed by atoms with Crippen LogP contribution < -0.4 is 5.56 Å². The molecule has 1 fully saturated rings. The quantitative estimate of drug-likeness (QED) is 0.858. The maximum Gasteiger partial charge on any atom is 0.261 e. The molecule has 0 radical (unpaired) electrons. The predicted octanol–water partition coefficient (Wildman–Crippen LogP) is 3.13. The number of benzene rings is 1. The van der Waals surface area contributed by atoms with Crippen LogP contribution in [-0.4, -0.2) is 33.4 Å². The van der Waals surface area contributed by atoms with E-state index in [1.54, 1.807) is 13.0 Å². The molecule has 1 saturated heterocycles. The van der Waals surface area contributed by atoms with Crippen molar-refractivity contribution >= 4 is 16.8 Å². The SMILES string of the molecule is CCC[C@@H]1CCCN(C(=O)Cn2c(C)nc3ccccc3c2=O)CC1. The third kappa shape index (κ3) is 3.91. The van der Waals surface area contributed by atoms with Crippen molar-refractivity contribution in [2.45, 2.75) is 52.5 Å². The number of amides is 1. The summed E-state index contributed by atoms with van der Waals surface area (Å²) in [6.45, 7) is 5.70.